The van der Waals surface area contributed by atoms with Crippen LogP contribution < -0.4 is 22.9 Å². The average molecular weight is 292 g/mol. The topological polar surface area (TPSA) is 186 Å². The molecule has 8 N–H and O–H groups in total. The molecule has 0 bridgehead atoms. The Morgan fingerprint density at radius 1 is 0.857 bits per heavy atom. The molecule has 1 heterocycles. The Kier molecular flexibility index (Phi) is 4.63. The molecule has 0 aromatic carbocycles. The van der Waals surface area contributed by atoms with E-state index in [9.17, 15) is 19.2 Å². The number of hydrogen-bond donors (Lipinski definition) is 4. The van der Waals surface area contributed by atoms with Crippen molar-refractivity contribution in [3.63, 3.8) is 0 Å². The van der Waals surface area contributed by atoms with Crippen LogP contribution in [-0.4, -0.2) is 23.6 Å². The lowest BCUT2D eigenvalue weighted by molar-refractivity contribution is -0.115. The van der Waals surface area contributed by atoms with Crippen LogP contribution >= 0.6 is 0 Å². The van der Waals surface area contributed by atoms with E-state index in [0.717, 1.165) is 18.4 Å². The summed E-state index contributed by atoms with van der Waals surface area (Å²) in [5, 5.41) is 0. The second-order valence-corrected chi connectivity index (χ2v) is 3.81. The van der Waals surface area contributed by atoms with Gasteiger partial charge in [-0.1, -0.05) is 0 Å². The smallest absolute Gasteiger partial charge is 0.252 e. The monoisotopic (exact) mass is 292 g/mol. The van der Waals surface area contributed by atoms with Crippen LogP contribution in [0.25, 0.3) is 11.1 Å². The summed E-state index contributed by atoms with van der Waals surface area (Å²) < 4.78 is 5.02. The van der Waals surface area contributed by atoms with Gasteiger partial charge in [0.1, 0.15) is 5.76 Å². The molecule has 0 unspecified atom stereocenters. The fraction of sp³-hybridized carbons (Fsp3) is 0. The van der Waals surface area contributed by atoms with Gasteiger partial charge >= 0.3 is 0 Å². The summed E-state index contributed by atoms with van der Waals surface area (Å²) in [5.41, 5.74) is 19.5. The average Bonchev–Trinajstić information content (AvgIpc) is 2.80. The molecule has 0 aliphatic rings. The number of carbonyl (C=O) groups excluding carboxylic acids is 4. The molecule has 4 amide bonds. The van der Waals surface area contributed by atoms with Crippen LogP contribution in [0.2, 0.25) is 0 Å². The molecule has 0 fully saturated rings. The maximum absolute atomic E-state index is 11.4. The highest BCUT2D eigenvalue weighted by molar-refractivity contribution is 6.27. The summed E-state index contributed by atoms with van der Waals surface area (Å²) >= 11 is 0. The van der Waals surface area contributed by atoms with Crippen LogP contribution in [0.1, 0.15) is 11.3 Å². The maximum atomic E-state index is 11.4. The molecule has 0 spiro atoms. The van der Waals surface area contributed by atoms with Crippen molar-refractivity contribution in [2.45, 2.75) is 0 Å². The van der Waals surface area contributed by atoms with Crippen molar-refractivity contribution in [3.05, 3.63) is 35.8 Å². The van der Waals surface area contributed by atoms with Crippen molar-refractivity contribution < 1.29 is 23.6 Å². The number of primary amides is 4. The Morgan fingerprint density at radius 2 is 1.33 bits per heavy atom. The van der Waals surface area contributed by atoms with Crippen LogP contribution in [-0.2, 0) is 19.2 Å². The number of nitrogens with two attached hydrogens (primary N) is 4. The highest BCUT2D eigenvalue weighted by atomic mass is 16.3. The second-order valence-electron chi connectivity index (χ2n) is 3.81. The largest absolute Gasteiger partial charge is 0.463 e. The molecular formula is C12H12N4O5. The third kappa shape index (κ3) is 3.80. The highest BCUT2D eigenvalue weighted by Gasteiger charge is 2.22. The summed E-state index contributed by atoms with van der Waals surface area (Å²) in [6.45, 7) is 0. The van der Waals surface area contributed by atoms with Crippen molar-refractivity contribution >= 4 is 34.8 Å². The maximum Gasteiger partial charge on any atom is 0.252 e. The molecule has 0 atom stereocenters. The number of amides is 4. The summed E-state index contributed by atoms with van der Waals surface area (Å²) in [4.78, 5) is 44.6. The number of carbonyl (C=O) groups is 4. The first-order chi connectivity index (χ1) is 9.73. The van der Waals surface area contributed by atoms with E-state index >= 15 is 0 Å². The van der Waals surface area contributed by atoms with Gasteiger partial charge in [0.05, 0.1) is 17.4 Å². The summed E-state index contributed by atoms with van der Waals surface area (Å²) in [6, 6.07) is 1.26. The van der Waals surface area contributed by atoms with Crippen LogP contribution in [0.5, 0.6) is 0 Å². The van der Waals surface area contributed by atoms with Gasteiger partial charge in [0.15, 0.2) is 0 Å². The minimum Gasteiger partial charge on any atom is -0.463 e. The Hall–Kier alpha value is -3.36. The molecule has 9 nitrogen and oxygen atoms in total. The second kappa shape index (κ2) is 6.19. The predicted molar refractivity (Wildman–Crippen MR) is 71.4 cm³/mol. The Morgan fingerprint density at radius 3 is 1.76 bits per heavy atom. The summed E-state index contributed by atoms with van der Waals surface area (Å²) in [5.74, 6) is -4.12. The van der Waals surface area contributed by atoms with E-state index in [2.05, 4.69) is 0 Å². The van der Waals surface area contributed by atoms with Gasteiger partial charge in [-0.05, 0) is 6.07 Å². The summed E-state index contributed by atoms with van der Waals surface area (Å²) in [6.07, 6.45) is 2.60. The molecule has 1 aromatic heterocycles. The van der Waals surface area contributed by atoms with Gasteiger partial charge in [-0.15, -0.1) is 0 Å². The number of rotatable bonds is 6. The fourth-order valence-electron chi connectivity index (χ4n) is 1.54. The first-order valence-electron chi connectivity index (χ1n) is 5.44. The SMILES string of the molecule is NC(=O)/C=C(\C(N)=O)c1ccoc1/C(=C/C(N)=O)C(N)=O. The lowest BCUT2D eigenvalue weighted by atomic mass is 10.0. The zero-order chi connectivity index (χ0) is 16.2. The van der Waals surface area contributed by atoms with Crippen LogP contribution in [0.4, 0.5) is 0 Å². The highest BCUT2D eigenvalue weighted by Crippen LogP contribution is 2.26. The van der Waals surface area contributed by atoms with Gasteiger partial charge < -0.3 is 27.4 Å². The fourth-order valence-corrected chi connectivity index (χ4v) is 1.54. The van der Waals surface area contributed by atoms with E-state index in [-0.39, 0.29) is 22.5 Å². The van der Waals surface area contributed by atoms with Crippen LogP contribution in [0.15, 0.2) is 28.9 Å². The third-order valence-corrected chi connectivity index (χ3v) is 2.30. The molecule has 9 heteroatoms. The molecule has 1 rings (SSSR count). The van der Waals surface area contributed by atoms with E-state index in [0.29, 0.717) is 0 Å². The lowest BCUT2D eigenvalue weighted by Crippen LogP contribution is -2.20. The quantitative estimate of drug-likeness (QED) is 0.440. The van der Waals surface area contributed by atoms with E-state index in [1.165, 1.54) is 6.07 Å². The molecule has 0 radical (unpaired) electrons. The first-order valence-corrected chi connectivity index (χ1v) is 5.44. The van der Waals surface area contributed by atoms with Gasteiger partial charge in [0.25, 0.3) is 5.91 Å². The van der Waals surface area contributed by atoms with Gasteiger partial charge in [-0.25, -0.2) is 0 Å². The number of furan rings is 1. The first kappa shape index (κ1) is 15.7. The normalized spacial score (nSPS) is 12.0. The Bertz CT molecular complexity index is 627. The zero-order valence-electron chi connectivity index (χ0n) is 10.7. The number of hydrogen-bond acceptors (Lipinski definition) is 5. The van der Waals surface area contributed by atoms with Gasteiger partial charge in [-0.2, -0.15) is 0 Å². The van der Waals surface area contributed by atoms with E-state index in [1.54, 1.807) is 0 Å². The van der Waals surface area contributed by atoms with Gasteiger partial charge in [0, 0.05) is 17.7 Å². The molecular weight excluding hydrogens is 280 g/mol. The molecule has 0 aliphatic heterocycles. The van der Waals surface area contributed by atoms with Crippen molar-refractivity contribution in [2.75, 3.05) is 0 Å². The lowest BCUT2D eigenvalue weighted by Gasteiger charge is -2.05. The van der Waals surface area contributed by atoms with Crippen LogP contribution in [0.3, 0.4) is 0 Å². The van der Waals surface area contributed by atoms with E-state index < -0.39 is 23.6 Å². The minimum atomic E-state index is -1.02. The summed E-state index contributed by atoms with van der Waals surface area (Å²) in [7, 11) is 0. The molecule has 0 saturated carbocycles. The molecule has 0 saturated heterocycles. The molecule has 0 aliphatic carbocycles. The van der Waals surface area contributed by atoms with E-state index in [1.807, 2.05) is 0 Å². The Balaban J connectivity index is 3.53. The zero-order valence-corrected chi connectivity index (χ0v) is 10.7. The minimum absolute atomic E-state index is 0.0207. The van der Waals surface area contributed by atoms with Gasteiger partial charge in [-0.3, -0.25) is 19.2 Å². The third-order valence-electron chi connectivity index (χ3n) is 2.30. The predicted octanol–water partition coefficient (Wildman–Crippen LogP) is -2.01. The van der Waals surface area contributed by atoms with Crippen molar-refractivity contribution in [2.24, 2.45) is 22.9 Å². The standard InChI is InChI=1S/C12H12N4O5/c13-8(17)3-6(11(15)19)5-1-2-21-10(5)7(12(16)20)4-9(14)18/h1-4H,(H2,13,17)(H2,14,18)(H2,15,19)(H2,16,20)/b6-3-,7-4-. The van der Waals surface area contributed by atoms with Crippen molar-refractivity contribution in [1.29, 1.82) is 0 Å². The van der Waals surface area contributed by atoms with E-state index in [4.69, 9.17) is 27.4 Å². The van der Waals surface area contributed by atoms with Crippen molar-refractivity contribution in [1.82, 2.24) is 0 Å². The van der Waals surface area contributed by atoms with Crippen molar-refractivity contribution in [3.8, 4) is 0 Å². The Labute approximate surface area is 118 Å². The molecule has 21 heavy (non-hydrogen) atoms. The van der Waals surface area contributed by atoms with Gasteiger partial charge in [0.2, 0.25) is 17.7 Å². The molecule has 110 valence electrons. The molecule has 1 aromatic rings. The van der Waals surface area contributed by atoms with Crippen LogP contribution in [0, 0.1) is 0 Å².